The number of rotatable bonds is 2. The molecule has 1 aliphatic heterocycles. The van der Waals surface area contributed by atoms with Crippen LogP contribution in [0.25, 0.3) is 10.9 Å². The van der Waals surface area contributed by atoms with E-state index in [2.05, 4.69) is 4.99 Å². The van der Waals surface area contributed by atoms with Crippen LogP contribution < -0.4 is 0 Å². The average Bonchev–Trinajstić information content (AvgIpc) is 2.93. The molecule has 0 radical (unpaired) electrons. The first-order chi connectivity index (χ1) is 9.82. The second kappa shape index (κ2) is 4.39. The fourth-order valence-electron chi connectivity index (χ4n) is 2.37. The molecule has 3 rings (SSSR count). The fourth-order valence-corrected chi connectivity index (χ4v) is 2.57. The lowest BCUT2D eigenvalue weighted by atomic mass is 10.1. The number of ether oxygens (including phenoxy) is 1. The standard InChI is InChI=1S/C14H13ClN2O4/c1-14(13(19)20)6-21-12(16-14)8-5-17(2)9-3-7(15)4-10(18)11(8)9/h3-5,18H,6H2,1-2H3,(H,19,20)/t14-/m0/s1. The van der Waals surface area contributed by atoms with Crippen molar-refractivity contribution >= 4 is 34.4 Å². The molecular formula is C14H13ClN2O4. The van der Waals surface area contributed by atoms with E-state index in [4.69, 9.17) is 16.3 Å². The first kappa shape index (κ1) is 13.8. The van der Waals surface area contributed by atoms with Crippen molar-refractivity contribution in [3.63, 3.8) is 0 Å². The summed E-state index contributed by atoms with van der Waals surface area (Å²) < 4.78 is 7.21. The zero-order valence-electron chi connectivity index (χ0n) is 11.4. The van der Waals surface area contributed by atoms with Crippen molar-refractivity contribution in [3.8, 4) is 5.75 Å². The van der Waals surface area contributed by atoms with Gasteiger partial charge in [-0.2, -0.15) is 0 Å². The van der Waals surface area contributed by atoms with Gasteiger partial charge in [0.05, 0.1) is 16.5 Å². The summed E-state index contributed by atoms with van der Waals surface area (Å²) in [6, 6.07) is 3.14. The molecule has 1 aromatic heterocycles. The number of phenolic OH excluding ortho intramolecular Hbond substituents is 1. The Morgan fingerprint density at radius 1 is 1.52 bits per heavy atom. The van der Waals surface area contributed by atoms with Crippen molar-refractivity contribution in [1.82, 2.24) is 4.57 Å². The van der Waals surface area contributed by atoms with Gasteiger partial charge in [0, 0.05) is 18.3 Å². The molecule has 1 aliphatic rings. The highest BCUT2D eigenvalue weighted by Gasteiger charge is 2.40. The molecule has 0 saturated carbocycles. The molecule has 2 aromatic rings. The minimum Gasteiger partial charge on any atom is -0.507 e. The maximum atomic E-state index is 11.2. The van der Waals surface area contributed by atoms with Gasteiger partial charge < -0.3 is 19.5 Å². The van der Waals surface area contributed by atoms with Crippen LogP contribution in [0.2, 0.25) is 5.02 Å². The summed E-state index contributed by atoms with van der Waals surface area (Å²) in [7, 11) is 1.80. The predicted molar refractivity (Wildman–Crippen MR) is 78.1 cm³/mol. The highest BCUT2D eigenvalue weighted by Crippen LogP contribution is 2.35. The number of hydrogen-bond donors (Lipinski definition) is 2. The number of fused-ring (bicyclic) bond motifs is 1. The Morgan fingerprint density at radius 2 is 2.24 bits per heavy atom. The minimum atomic E-state index is -1.31. The monoisotopic (exact) mass is 308 g/mol. The number of aromatic hydroxyl groups is 1. The molecule has 0 spiro atoms. The van der Waals surface area contributed by atoms with Gasteiger partial charge in [0.25, 0.3) is 0 Å². The molecule has 6 nitrogen and oxygen atoms in total. The maximum Gasteiger partial charge on any atom is 0.335 e. The maximum absolute atomic E-state index is 11.2. The number of phenols is 1. The number of hydrogen-bond acceptors (Lipinski definition) is 4. The Hall–Kier alpha value is -2.21. The van der Waals surface area contributed by atoms with E-state index in [1.54, 1.807) is 23.9 Å². The van der Waals surface area contributed by atoms with Crippen molar-refractivity contribution in [2.45, 2.75) is 12.5 Å². The third-order valence-corrected chi connectivity index (χ3v) is 3.78. The second-order valence-electron chi connectivity index (χ2n) is 5.26. The Morgan fingerprint density at radius 3 is 2.86 bits per heavy atom. The molecule has 0 bridgehead atoms. The van der Waals surface area contributed by atoms with Gasteiger partial charge in [0.1, 0.15) is 12.4 Å². The van der Waals surface area contributed by atoms with E-state index in [-0.39, 0.29) is 18.3 Å². The van der Waals surface area contributed by atoms with Gasteiger partial charge in [0.15, 0.2) is 5.54 Å². The lowest BCUT2D eigenvalue weighted by Crippen LogP contribution is -2.34. The first-order valence-corrected chi connectivity index (χ1v) is 6.63. The number of carboxylic acid groups (broad SMARTS) is 1. The van der Waals surface area contributed by atoms with Crippen LogP contribution in [-0.2, 0) is 16.6 Å². The van der Waals surface area contributed by atoms with Crippen LogP contribution in [-0.4, -0.2) is 38.8 Å². The highest BCUT2D eigenvalue weighted by atomic mass is 35.5. The summed E-state index contributed by atoms with van der Waals surface area (Å²) >= 11 is 5.94. The van der Waals surface area contributed by atoms with E-state index < -0.39 is 11.5 Å². The second-order valence-corrected chi connectivity index (χ2v) is 5.69. The molecule has 2 heterocycles. The molecular weight excluding hydrogens is 296 g/mol. The Labute approximate surface area is 125 Å². The van der Waals surface area contributed by atoms with Crippen LogP contribution in [0.15, 0.2) is 23.3 Å². The highest BCUT2D eigenvalue weighted by molar-refractivity contribution is 6.31. The van der Waals surface area contributed by atoms with E-state index in [0.717, 1.165) is 0 Å². The largest absolute Gasteiger partial charge is 0.507 e. The minimum absolute atomic E-state index is 0.00308. The number of benzene rings is 1. The van der Waals surface area contributed by atoms with Gasteiger partial charge >= 0.3 is 5.97 Å². The normalized spacial score (nSPS) is 21.4. The van der Waals surface area contributed by atoms with Gasteiger partial charge in [-0.3, -0.25) is 0 Å². The summed E-state index contributed by atoms with van der Waals surface area (Å²) in [4.78, 5) is 15.4. The molecule has 1 atom stereocenters. The van der Waals surface area contributed by atoms with Crippen LogP contribution in [0.4, 0.5) is 0 Å². The molecule has 0 fully saturated rings. The van der Waals surface area contributed by atoms with Crippen molar-refractivity contribution < 1.29 is 19.7 Å². The third-order valence-electron chi connectivity index (χ3n) is 3.56. The summed E-state index contributed by atoms with van der Waals surface area (Å²) in [6.45, 7) is 1.45. The molecule has 7 heteroatoms. The van der Waals surface area contributed by atoms with Crippen LogP contribution in [0.1, 0.15) is 12.5 Å². The van der Waals surface area contributed by atoms with Crippen molar-refractivity contribution in [2.24, 2.45) is 12.0 Å². The zero-order chi connectivity index (χ0) is 15.4. The fraction of sp³-hybridized carbons (Fsp3) is 0.286. The van der Waals surface area contributed by atoms with Gasteiger partial charge in [-0.05, 0) is 19.1 Å². The van der Waals surface area contributed by atoms with Crippen molar-refractivity contribution in [1.29, 1.82) is 0 Å². The quantitative estimate of drug-likeness (QED) is 0.890. The van der Waals surface area contributed by atoms with Gasteiger partial charge in [-0.15, -0.1) is 0 Å². The SMILES string of the molecule is Cn1cc(C2=N[C@](C)(C(=O)O)CO2)c2c(O)cc(Cl)cc21. The summed E-state index contributed by atoms with van der Waals surface area (Å²) in [5, 5.41) is 20.3. The summed E-state index contributed by atoms with van der Waals surface area (Å²) in [5.41, 5.74) is -0.0450. The van der Waals surface area contributed by atoms with Crippen LogP contribution in [0.5, 0.6) is 5.75 Å². The lowest BCUT2D eigenvalue weighted by molar-refractivity contribution is -0.142. The number of halogens is 1. The first-order valence-electron chi connectivity index (χ1n) is 6.26. The van der Waals surface area contributed by atoms with E-state index in [1.807, 2.05) is 0 Å². The number of carboxylic acids is 1. The number of aryl methyl sites for hydroxylation is 1. The molecule has 0 amide bonds. The van der Waals surface area contributed by atoms with E-state index >= 15 is 0 Å². The predicted octanol–water partition coefficient (Wildman–Crippen LogP) is 2.16. The van der Waals surface area contributed by atoms with Crippen LogP contribution in [0, 0.1) is 0 Å². The van der Waals surface area contributed by atoms with E-state index in [0.29, 0.717) is 21.5 Å². The third kappa shape index (κ3) is 2.03. The van der Waals surface area contributed by atoms with Crippen molar-refractivity contribution in [3.05, 3.63) is 28.9 Å². The molecule has 110 valence electrons. The molecule has 0 unspecified atom stereocenters. The number of aliphatic imine (C=N–C) groups is 1. The van der Waals surface area contributed by atoms with Gasteiger partial charge in [-0.25, -0.2) is 9.79 Å². The van der Waals surface area contributed by atoms with Crippen LogP contribution in [0.3, 0.4) is 0 Å². The van der Waals surface area contributed by atoms with Crippen LogP contribution >= 0.6 is 11.6 Å². The van der Waals surface area contributed by atoms with Gasteiger partial charge in [0.2, 0.25) is 5.90 Å². The number of aliphatic carboxylic acids is 1. The topological polar surface area (TPSA) is 84.1 Å². The molecule has 2 N–H and O–H groups in total. The smallest absolute Gasteiger partial charge is 0.335 e. The Bertz CT molecular complexity index is 796. The summed E-state index contributed by atoms with van der Waals surface area (Å²) in [6.07, 6.45) is 1.73. The molecule has 21 heavy (non-hydrogen) atoms. The van der Waals surface area contributed by atoms with Crippen molar-refractivity contribution in [2.75, 3.05) is 6.61 Å². The lowest BCUT2D eigenvalue weighted by Gasteiger charge is -2.10. The van der Waals surface area contributed by atoms with Gasteiger partial charge in [-0.1, -0.05) is 11.6 Å². The Balaban J connectivity index is 2.21. The van der Waals surface area contributed by atoms with E-state index in [1.165, 1.54) is 13.0 Å². The summed E-state index contributed by atoms with van der Waals surface area (Å²) in [5.74, 6) is -0.837. The Kier molecular flexibility index (Phi) is 2.88. The average molecular weight is 309 g/mol. The molecule has 0 saturated heterocycles. The number of aromatic nitrogens is 1. The molecule has 1 aromatic carbocycles. The number of nitrogens with zero attached hydrogens (tertiary/aromatic N) is 2. The molecule has 0 aliphatic carbocycles. The zero-order valence-corrected chi connectivity index (χ0v) is 12.2. The number of carbonyl (C=O) groups is 1. The van der Waals surface area contributed by atoms with E-state index in [9.17, 15) is 15.0 Å².